The van der Waals surface area contributed by atoms with Gasteiger partial charge in [-0.25, -0.2) is 0 Å². The Kier molecular flexibility index (Phi) is 3.97. The molecule has 3 heteroatoms. The summed E-state index contributed by atoms with van der Waals surface area (Å²) in [6.07, 6.45) is 3.10. The highest BCUT2D eigenvalue weighted by Gasteiger charge is 1.94. The van der Waals surface area contributed by atoms with Crippen LogP contribution in [0.3, 0.4) is 0 Å². The zero-order valence-electron chi connectivity index (χ0n) is 6.09. The largest absolute Gasteiger partial charge is 0.311 e. The normalized spacial score (nSPS) is 9.80. The van der Waals surface area contributed by atoms with E-state index in [1.165, 1.54) is 6.08 Å². The molecule has 3 nitrogen and oxygen atoms in total. The molecule has 1 amide bonds. The number of hydrogen-bond donors (Lipinski definition) is 1. The fourth-order valence-electron chi connectivity index (χ4n) is 0.372. The van der Waals surface area contributed by atoms with Crippen LogP contribution in [-0.4, -0.2) is 5.91 Å². The molecule has 0 fully saturated rings. The molecule has 0 rings (SSSR count). The van der Waals surface area contributed by atoms with E-state index >= 15 is 0 Å². The van der Waals surface area contributed by atoms with E-state index in [9.17, 15) is 4.79 Å². The highest BCUT2D eigenvalue weighted by molar-refractivity contribution is 5.87. The maximum absolute atomic E-state index is 10.5. The molecule has 1 N–H and O–H groups in total. The summed E-state index contributed by atoms with van der Waals surface area (Å²) in [4.78, 5) is 13.2. The van der Waals surface area contributed by atoms with Gasteiger partial charge in [-0.15, -0.1) is 0 Å². The molecule has 0 aliphatic carbocycles. The van der Waals surface area contributed by atoms with E-state index in [1.54, 1.807) is 6.08 Å². The number of allylic oxidation sites excluding steroid dienone is 1. The van der Waals surface area contributed by atoms with Crippen molar-refractivity contribution in [1.82, 2.24) is 5.43 Å². The molecule has 0 spiro atoms. The van der Waals surface area contributed by atoms with Gasteiger partial charge >= 0.3 is 5.91 Å². The fraction of sp³-hybridized carbons (Fsp3) is 0.429. The lowest BCUT2D eigenvalue weighted by atomic mass is 10.2. The smallest absolute Gasteiger partial charge is 0.263 e. The second kappa shape index (κ2) is 4.57. The molecule has 0 aromatic heterocycles. The van der Waals surface area contributed by atoms with Gasteiger partial charge < -0.3 is 0 Å². The van der Waals surface area contributed by atoms with Crippen molar-refractivity contribution in [1.29, 1.82) is 0 Å². The molecule has 0 aromatic carbocycles. The van der Waals surface area contributed by atoms with E-state index in [1.807, 2.05) is 19.3 Å². The number of amides is 1. The molecule has 0 saturated heterocycles. The Morgan fingerprint density at radius 2 is 2.30 bits per heavy atom. The lowest BCUT2D eigenvalue weighted by Gasteiger charge is -1.89. The van der Waals surface area contributed by atoms with Crippen LogP contribution in [0.2, 0.25) is 0 Å². The molecular weight excluding hydrogens is 128 g/mol. The highest BCUT2D eigenvalue weighted by Crippen LogP contribution is 1.92. The summed E-state index contributed by atoms with van der Waals surface area (Å²) >= 11 is 0. The predicted octanol–water partition coefficient (Wildman–Crippen LogP) is 1.15. The first-order valence-corrected chi connectivity index (χ1v) is 3.01. The van der Waals surface area contributed by atoms with Crippen LogP contribution in [0.4, 0.5) is 0 Å². The molecule has 0 unspecified atom stereocenters. The van der Waals surface area contributed by atoms with Crippen molar-refractivity contribution in [2.45, 2.75) is 13.8 Å². The van der Waals surface area contributed by atoms with E-state index in [0.29, 0.717) is 5.92 Å². The second-order valence-electron chi connectivity index (χ2n) is 2.19. The van der Waals surface area contributed by atoms with Crippen LogP contribution in [0.5, 0.6) is 0 Å². The number of nitrogens with one attached hydrogen (secondary N) is 1. The van der Waals surface area contributed by atoms with Crippen LogP contribution in [0.1, 0.15) is 13.8 Å². The standard InChI is InChI=1S/C7H10N2O/c1-6(2)4-5-7(10)9-8-3/h4-6H,1-2H3,(H,9,10)/b5-4+. The Morgan fingerprint density at radius 1 is 1.70 bits per heavy atom. The second-order valence-corrected chi connectivity index (χ2v) is 2.19. The van der Waals surface area contributed by atoms with Gasteiger partial charge in [0.05, 0.1) is 0 Å². The third kappa shape index (κ3) is 4.85. The number of nitrogens with zero attached hydrogens (tertiary/aromatic N) is 1. The summed E-state index contributed by atoms with van der Waals surface area (Å²) in [5.74, 6) is -0.0137. The van der Waals surface area contributed by atoms with Gasteiger partial charge in [0.15, 0.2) is 0 Å². The van der Waals surface area contributed by atoms with Crippen LogP contribution in [-0.2, 0) is 4.79 Å². The summed E-state index contributed by atoms with van der Waals surface area (Å²) in [6, 6.07) is 0. The minimum atomic E-state index is -0.358. The monoisotopic (exact) mass is 138 g/mol. The topological polar surface area (TPSA) is 33.5 Å². The molecule has 0 atom stereocenters. The van der Waals surface area contributed by atoms with Crippen molar-refractivity contribution in [2.75, 3.05) is 0 Å². The Labute approximate surface area is 60.5 Å². The SMILES string of the molecule is [C-]#[N+]NC(=O)/C=C/C(C)C. The minimum Gasteiger partial charge on any atom is -0.263 e. The highest BCUT2D eigenvalue weighted by atomic mass is 16.2. The fourth-order valence-corrected chi connectivity index (χ4v) is 0.372. The van der Waals surface area contributed by atoms with Crippen molar-refractivity contribution in [3.05, 3.63) is 23.7 Å². The third-order valence-electron chi connectivity index (χ3n) is 0.799. The lowest BCUT2D eigenvalue weighted by Crippen LogP contribution is -2.11. The summed E-state index contributed by atoms with van der Waals surface area (Å²) < 4.78 is 0. The van der Waals surface area contributed by atoms with E-state index < -0.39 is 0 Å². The maximum Gasteiger partial charge on any atom is 0.311 e. The number of carbonyl (C=O) groups excluding carboxylic acids is 1. The van der Waals surface area contributed by atoms with Gasteiger partial charge in [-0.1, -0.05) is 19.9 Å². The number of carbonyl (C=O) groups is 1. The molecule has 0 aliphatic rings. The van der Waals surface area contributed by atoms with E-state index in [-0.39, 0.29) is 5.91 Å². The quantitative estimate of drug-likeness (QED) is 0.346. The molecule has 54 valence electrons. The summed E-state index contributed by atoms with van der Waals surface area (Å²) in [5, 5.41) is 0. The number of rotatable bonds is 2. The van der Waals surface area contributed by atoms with Crippen LogP contribution < -0.4 is 5.43 Å². The first kappa shape index (κ1) is 8.70. The van der Waals surface area contributed by atoms with E-state index in [0.717, 1.165) is 0 Å². The molecule has 0 aliphatic heterocycles. The Morgan fingerprint density at radius 3 is 2.70 bits per heavy atom. The van der Waals surface area contributed by atoms with Gasteiger partial charge in [0.2, 0.25) is 0 Å². The first-order valence-electron chi connectivity index (χ1n) is 3.01. The van der Waals surface area contributed by atoms with Crippen LogP contribution in [0.15, 0.2) is 12.2 Å². The summed E-state index contributed by atoms with van der Waals surface area (Å²) in [6.45, 7) is 10.2. The van der Waals surface area contributed by atoms with Crippen LogP contribution >= 0.6 is 0 Å². The average molecular weight is 138 g/mol. The minimum absolute atomic E-state index is 0.344. The predicted molar refractivity (Wildman–Crippen MR) is 38.7 cm³/mol. The van der Waals surface area contributed by atoms with Gasteiger partial charge in [0, 0.05) is 6.08 Å². The van der Waals surface area contributed by atoms with Crippen molar-refractivity contribution in [3.8, 4) is 0 Å². The van der Waals surface area contributed by atoms with Crippen LogP contribution in [0, 0.1) is 12.5 Å². The Hall–Kier alpha value is -1.30. The van der Waals surface area contributed by atoms with Gasteiger partial charge in [-0.2, -0.15) is 11.5 Å². The molecule has 0 radical (unpaired) electrons. The zero-order valence-corrected chi connectivity index (χ0v) is 6.09. The van der Waals surface area contributed by atoms with Crippen molar-refractivity contribution in [3.63, 3.8) is 0 Å². The van der Waals surface area contributed by atoms with Gasteiger partial charge in [-0.3, -0.25) is 4.79 Å². The number of hydrogen-bond acceptors (Lipinski definition) is 1. The summed E-state index contributed by atoms with van der Waals surface area (Å²) in [7, 11) is 0. The molecule has 10 heavy (non-hydrogen) atoms. The molecule has 0 heterocycles. The van der Waals surface area contributed by atoms with Crippen molar-refractivity contribution < 1.29 is 4.79 Å². The lowest BCUT2D eigenvalue weighted by molar-refractivity contribution is -0.115. The molecule has 0 aromatic rings. The molecule has 0 bridgehead atoms. The molecular formula is C7H10N2O. The van der Waals surface area contributed by atoms with E-state index in [2.05, 4.69) is 4.95 Å². The van der Waals surface area contributed by atoms with Gasteiger partial charge in [-0.05, 0) is 11.3 Å². The first-order chi connectivity index (χ1) is 4.66. The van der Waals surface area contributed by atoms with Crippen LogP contribution in [0.25, 0.3) is 4.95 Å². The van der Waals surface area contributed by atoms with Crippen molar-refractivity contribution in [2.24, 2.45) is 5.92 Å². The van der Waals surface area contributed by atoms with Crippen molar-refractivity contribution >= 4 is 5.91 Å². The molecule has 0 saturated carbocycles. The van der Waals surface area contributed by atoms with Gasteiger partial charge in [0.25, 0.3) is 0 Å². The average Bonchev–Trinajstić information content (AvgIpc) is 1.85. The summed E-state index contributed by atoms with van der Waals surface area (Å²) in [5.41, 5.74) is 1.97. The maximum atomic E-state index is 10.5. The third-order valence-corrected chi connectivity index (χ3v) is 0.799. The Bertz CT molecular complexity index is 177. The van der Waals surface area contributed by atoms with Gasteiger partial charge in [0.1, 0.15) is 0 Å². The zero-order chi connectivity index (χ0) is 7.98. The van der Waals surface area contributed by atoms with E-state index in [4.69, 9.17) is 6.57 Å². The Balaban J connectivity index is 3.69.